The van der Waals surface area contributed by atoms with Crippen molar-refractivity contribution in [3.05, 3.63) is 75.9 Å². The van der Waals surface area contributed by atoms with Gasteiger partial charge in [0.05, 0.1) is 12.6 Å². The zero-order valence-electron chi connectivity index (χ0n) is 19.5. The highest BCUT2D eigenvalue weighted by Gasteiger charge is 2.40. The largest absolute Gasteiger partial charge is 0.368 e. The van der Waals surface area contributed by atoms with Crippen LogP contribution in [0, 0.1) is 3.57 Å². The van der Waals surface area contributed by atoms with E-state index in [0.717, 1.165) is 33.4 Å². The van der Waals surface area contributed by atoms with Crippen LogP contribution >= 0.6 is 22.6 Å². The zero-order chi connectivity index (χ0) is 24.6. The van der Waals surface area contributed by atoms with E-state index < -0.39 is 21.4 Å². The van der Waals surface area contributed by atoms with E-state index in [9.17, 15) is 12.8 Å². The molecule has 186 valence electrons. The van der Waals surface area contributed by atoms with Crippen molar-refractivity contribution in [2.75, 3.05) is 18.0 Å². The van der Waals surface area contributed by atoms with E-state index in [1.807, 2.05) is 55.5 Å². The summed E-state index contributed by atoms with van der Waals surface area (Å²) in [6, 6.07) is 15.2. The third kappa shape index (κ3) is 4.97. The molecular weight excluding hydrogens is 580 g/mol. The highest BCUT2D eigenvalue weighted by Crippen LogP contribution is 2.39. The second-order valence-corrected chi connectivity index (χ2v) is 12.6. The van der Waals surface area contributed by atoms with E-state index >= 15 is 0 Å². The van der Waals surface area contributed by atoms with Crippen LogP contribution in [0.2, 0.25) is 0 Å². The lowest BCUT2D eigenvalue weighted by Gasteiger charge is -2.38. The minimum Gasteiger partial charge on any atom is -0.368 e. The molecule has 0 bridgehead atoms. The number of rotatable bonds is 5. The van der Waals surface area contributed by atoms with Gasteiger partial charge in [-0.05, 0) is 72.0 Å². The minimum atomic E-state index is -3.49. The molecule has 10 heteroatoms. The molecule has 3 aromatic rings. The van der Waals surface area contributed by atoms with E-state index in [1.54, 1.807) is 21.5 Å². The van der Waals surface area contributed by atoms with Gasteiger partial charge in [-0.15, -0.1) is 10.2 Å². The summed E-state index contributed by atoms with van der Waals surface area (Å²) in [5, 5.41) is 7.09. The Bertz CT molecular complexity index is 1260. The molecule has 7 nitrogen and oxygen atoms in total. The Balaban J connectivity index is 1.31. The molecule has 2 aromatic carbocycles. The van der Waals surface area contributed by atoms with Crippen LogP contribution < -0.4 is 4.90 Å². The lowest BCUT2D eigenvalue weighted by molar-refractivity contribution is 0.199. The lowest BCUT2D eigenvalue weighted by atomic mass is 10.0. The van der Waals surface area contributed by atoms with Crippen LogP contribution in [0.25, 0.3) is 0 Å². The molecule has 2 aliphatic rings. The summed E-state index contributed by atoms with van der Waals surface area (Å²) in [6.45, 7) is 3.36. The van der Waals surface area contributed by atoms with Crippen molar-refractivity contribution in [3.63, 3.8) is 0 Å². The number of alkyl halides is 1. The summed E-state index contributed by atoms with van der Waals surface area (Å²) in [7, 11) is -3.49. The second-order valence-electron chi connectivity index (χ2n) is 9.42. The Morgan fingerprint density at radius 2 is 1.80 bits per heavy atom. The first kappa shape index (κ1) is 24.6. The molecule has 0 amide bonds. The molecule has 5 rings (SSSR count). The van der Waals surface area contributed by atoms with Crippen LogP contribution in [0.15, 0.2) is 61.2 Å². The molecule has 1 unspecified atom stereocenters. The van der Waals surface area contributed by atoms with Crippen LogP contribution in [0.5, 0.6) is 0 Å². The van der Waals surface area contributed by atoms with Gasteiger partial charge in [0.25, 0.3) is 0 Å². The van der Waals surface area contributed by atoms with E-state index in [4.69, 9.17) is 0 Å². The van der Waals surface area contributed by atoms with Gasteiger partial charge in [-0.2, -0.15) is 4.31 Å². The van der Waals surface area contributed by atoms with Crippen LogP contribution in [0.4, 0.5) is 10.1 Å². The Labute approximate surface area is 219 Å². The summed E-state index contributed by atoms with van der Waals surface area (Å²) < 4.78 is 46.5. The predicted molar refractivity (Wildman–Crippen MR) is 142 cm³/mol. The summed E-state index contributed by atoms with van der Waals surface area (Å²) in [6.07, 6.45) is 4.25. The van der Waals surface area contributed by atoms with Gasteiger partial charge >= 0.3 is 0 Å². The third-order valence-corrected chi connectivity index (χ3v) is 10.6. The van der Waals surface area contributed by atoms with Gasteiger partial charge in [0.15, 0.2) is 0 Å². The summed E-state index contributed by atoms with van der Waals surface area (Å²) in [5.74, 6) is 0. The fourth-order valence-electron chi connectivity index (χ4n) is 5.22. The van der Waals surface area contributed by atoms with Crippen molar-refractivity contribution >= 4 is 38.3 Å². The Morgan fingerprint density at radius 3 is 2.49 bits per heavy atom. The average molecular weight is 610 g/mol. The lowest BCUT2D eigenvalue weighted by Crippen LogP contribution is -2.45. The molecule has 3 heterocycles. The van der Waals surface area contributed by atoms with Gasteiger partial charge in [-0.1, -0.05) is 36.4 Å². The molecular formula is C25H29FIN5O2S. The fraction of sp³-hybridized carbons (Fsp3) is 0.440. The average Bonchev–Trinajstić information content (AvgIpc) is 3.37. The Kier molecular flexibility index (Phi) is 7.13. The standard InChI is InChI=1S/C25H29FIN5O2S/c1-18-7-10-25(19-5-3-2-4-6-19)35(33,34)32(18)14-20-8-9-21(13-23(20)27)30-12-11-24(22(26)15-30)31-16-28-29-17-31/h2-6,8-9,13,16-18,22,24-25H,7,10-12,14-15H2,1H3/t18-,22?,24-,25+/m0/s1. The van der Waals surface area contributed by atoms with E-state index in [-0.39, 0.29) is 12.1 Å². The molecule has 4 atom stereocenters. The van der Waals surface area contributed by atoms with Crippen LogP contribution in [0.3, 0.4) is 0 Å². The van der Waals surface area contributed by atoms with Gasteiger partial charge < -0.3 is 9.47 Å². The van der Waals surface area contributed by atoms with Crippen molar-refractivity contribution in [3.8, 4) is 0 Å². The molecule has 35 heavy (non-hydrogen) atoms. The first-order chi connectivity index (χ1) is 16.8. The van der Waals surface area contributed by atoms with E-state index in [2.05, 4.69) is 37.7 Å². The van der Waals surface area contributed by atoms with Gasteiger partial charge in [-0.25, -0.2) is 12.8 Å². The van der Waals surface area contributed by atoms with Gasteiger partial charge in [0, 0.05) is 28.4 Å². The van der Waals surface area contributed by atoms with E-state index in [0.29, 0.717) is 25.9 Å². The fourth-order valence-corrected chi connectivity index (χ4v) is 8.08. The smallest absolute Gasteiger partial charge is 0.221 e. The van der Waals surface area contributed by atoms with Crippen LogP contribution in [-0.2, 0) is 16.6 Å². The molecule has 1 aromatic heterocycles. The summed E-state index contributed by atoms with van der Waals surface area (Å²) in [4.78, 5) is 2.06. The number of aromatic nitrogens is 3. The second kappa shape index (κ2) is 10.1. The maximum Gasteiger partial charge on any atom is 0.221 e. The summed E-state index contributed by atoms with van der Waals surface area (Å²) >= 11 is 2.27. The molecule has 0 N–H and O–H groups in total. The topological polar surface area (TPSA) is 71.3 Å². The van der Waals surface area contributed by atoms with Crippen molar-refractivity contribution in [2.45, 2.75) is 56.2 Å². The number of hydrogen-bond donors (Lipinski definition) is 0. The molecule has 2 saturated heterocycles. The first-order valence-corrected chi connectivity index (χ1v) is 14.5. The minimum absolute atomic E-state index is 0.0561. The van der Waals surface area contributed by atoms with Crippen LogP contribution in [-0.4, -0.2) is 52.8 Å². The third-order valence-electron chi connectivity index (χ3n) is 7.25. The van der Waals surface area contributed by atoms with Gasteiger partial charge in [0.2, 0.25) is 10.0 Å². The maximum atomic E-state index is 14.9. The molecule has 0 saturated carbocycles. The number of sulfonamides is 1. The Morgan fingerprint density at radius 1 is 1.06 bits per heavy atom. The number of nitrogens with zero attached hydrogens (tertiary/aromatic N) is 5. The zero-order valence-corrected chi connectivity index (χ0v) is 22.5. The molecule has 2 fully saturated rings. The van der Waals surface area contributed by atoms with Crippen LogP contribution in [0.1, 0.15) is 48.6 Å². The normalized spacial score (nSPS) is 27.1. The van der Waals surface area contributed by atoms with Crippen molar-refractivity contribution in [2.24, 2.45) is 0 Å². The summed E-state index contributed by atoms with van der Waals surface area (Å²) in [5.41, 5.74) is 2.78. The maximum absolute atomic E-state index is 14.9. The number of hydrogen-bond acceptors (Lipinski definition) is 5. The molecule has 2 aliphatic heterocycles. The monoisotopic (exact) mass is 609 g/mol. The highest BCUT2D eigenvalue weighted by atomic mass is 127. The Hall–Kier alpha value is -2.05. The molecule has 0 spiro atoms. The quantitative estimate of drug-likeness (QED) is 0.392. The predicted octanol–water partition coefficient (Wildman–Crippen LogP) is 4.73. The highest BCUT2D eigenvalue weighted by molar-refractivity contribution is 14.1. The molecule has 0 aliphatic carbocycles. The van der Waals surface area contributed by atoms with Gasteiger partial charge in [-0.3, -0.25) is 0 Å². The van der Waals surface area contributed by atoms with Crippen molar-refractivity contribution in [1.82, 2.24) is 19.1 Å². The number of piperidine rings is 1. The number of anilines is 1. The number of halogens is 2. The number of benzene rings is 2. The van der Waals surface area contributed by atoms with Crippen molar-refractivity contribution < 1.29 is 12.8 Å². The SMILES string of the molecule is C[C@H]1CC[C@H](c2ccccc2)S(=O)(=O)N1Cc1ccc(N2CC[C@H](n3cnnc3)C(F)C2)cc1I. The van der Waals surface area contributed by atoms with Gasteiger partial charge in [0.1, 0.15) is 24.1 Å². The first-order valence-electron chi connectivity index (χ1n) is 11.9. The molecule has 0 radical (unpaired) electrons. The van der Waals surface area contributed by atoms with Crippen molar-refractivity contribution in [1.29, 1.82) is 0 Å². The van der Waals surface area contributed by atoms with E-state index in [1.165, 1.54) is 0 Å².